The van der Waals surface area contributed by atoms with Crippen molar-refractivity contribution in [2.45, 2.75) is 58.8 Å². The fourth-order valence-corrected chi connectivity index (χ4v) is 2.44. The topological polar surface area (TPSA) is 52.3 Å². The Morgan fingerprint density at radius 3 is 2.29 bits per heavy atom. The van der Waals surface area contributed by atoms with E-state index in [-0.39, 0.29) is 11.4 Å². The summed E-state index contributed by atoms with van der Waals surface area (Å²) in [6, 6.07) is 0. The molecule has 3 nitrogen and oxygen atoms in total. The monoisotopic (exact) mass is 241 g/mol. The highest BCUT2D eigenvalue weighted by Crippen LogP contribution is 2.35. The van der Waals surface area contributed by atoms with Gasteiger partial charge in [0.15, 0.2) is 0 Å². The molecule has 1 aliphatic rings. The highest BCUT2D eigenvalue weighted by atomic mass is 16.5. The summed E-state index contributed by atoms with van der Waals surface area (Å²) in [6.07, 6.45) is 7.41. The van der Waals surface area contributed by atoms with E-state index in [9.17, 15) is 4.79 Å². The Bertz CT molecular complexity index is 230. The Kier molecular flexibility index (Phi) is 5.96. The third-order valence-corrected chi connectivity index (χ3v) is 3.81. The fourth-order valence-electron chi connectivity index (χ4n) is 2.44. The van der Waals surface area contributed by atoms with Gasteiger partial charge in [-0.2, -0.15) is 0 Å². The zero-order valence-electron chi connectivity index (χ0n) is 11.3. The molecule has 0 aromatic heterocycles. The molecule has 1 rings (SSSR count). The van der Waals surface area contributed by atoms with Crippen LogP contribution in [0.15, 0.2) is 0 Å². The van der Waals surface area contributed by atoms with Crippen LogP contribution < -0.4 is 5.73 Å². The van der Waals surface area contributed by atoms with E-state index in [4.69, 9.17) is 10.5 Å². The Labute approximate surface area is 105 Å². The molecule has 1 aliphatic carbocycles. The molecule has 0 amide bonds. The normalized spacial score (nSPS) is 20.0. The predicted molar refractivity (Wildman–Crippen MR) is 69.6 cm³/mol. The minimum atomic E-state index is -0.381. The minimum Gasteiger partial charge on any atom is -0.465 e. The Hall–Kier alpha value is -0.570. The van der Waals surface area contributed by atoms with Crippen molar-refractivity contribution in [2.75, 3.05) is 13.2 Å². The molecule has 100 valence electrons. The largest absolute Gasteiger partial charge is 0.465 e. The molecule has 0 atom stereocenters. The number of carbonyl (C=O) groups excluding carboxylic acids is 1. The van der Waals surface area contributed by atoms with Crippen molar-refractivity contribution < 1.29 is 9.53 Å². The van der Waals surface area contributed by atoms with Gasteiger partial charge < -0.3 is 10.5 Å². The van der Waals surface area contributed by atoms with Crippen molar-refractivity contribution in [2.24, 2.45) is 17.1 Å². The molecule has 0 aromatic rings. The lowest BCUT2D eigenvalue weighted by Crippen LogP contribution is -2.39. The quantitative estimate of drug-likeness (QED) is 0.595. The van der Waals surface area contributed by atoms with E-state index < -0.39 is 0 Å². The summed E-state index contributed by atoms with van der Waals surface area (Å²) < 4.78 is 5.42. The van der Waals surface area contributed by atoms with Crippen LogP contribution >= 0.6 is 0 Å². The second-order valence-electron chi connectivity index (χ2n) is 5.72. The first-order valence-electron chi connectivity index (χ1n) is 6.98. The van der Waals surface area contributed by atoms with Crippen LogP contribution in [-0.2, 0) is 9.53 Å². The number of esters is 1. The van der Waals surface area contributed by atoms with Gasteiger partial charge in [-0.05, 0) is 25.2 Å². The van der Waals surface area contributed by atoms with Gasteiger partial charge in [0.2, 0.25) is 0 Å². The number of ether oxygens (including phenoxy) is 1. The van der Waals surface area contributed by atoms with E-state index in [1.54, 1.807) is 0 Å². The van der Waals surface area contributed by atoms with Gasteiger partial charge in [-0.3, -0.25) is 4.79 Å². The van der Waals surface area contributed by atoms with Crippen LogP contribution in [0.2, 0.25) is 0 Å². The van der Waals surface area contributed by atoms with Crippen molar-refractivity contribution in [3.8, 4) is 0 Å². The van der Waals surface area contributed by atoms with E-state index in [2.05, 4.69) is 13.8 Å². The lowest BCUT2D eigenvalue weighted by molar-refractivity contribution is -0.156. The van der Waals surface area contributed by atoms with Gasteiger partial charge in [-0.25, -0.2) is 0 Å². The third-order valence-electron chi connectivity index (χ3n) is 3.81. The summed E-state index contributed by atoms with van der Waals surface area (Å²) in [7, 11) is 0. The maximum absolute atomic E-state index is 12.2. The zero-order chi connectivity index (χ0) is 12.7. The molecular weight excluding hydrogens is 214 g/mol. The van der Waals surface area contributed by atoms with Crippen LogP contribution in [0, 0.1) is 11.3 Å². The highest BCUT2D eigenvalue weighted by molar-refractivity contribution is 5.77. The molecule has 0 aliphatic heterocycles. The predicted octanol–water partition coefficient (Wildman–Crippen LogP) is 2.88. The standard InChI is InChI=1S/C14H27NO2/c1-12(2)7-10-17-13(16)14(11-15)8-5-3-4-6-9-14/h12H,3-11,15H2,1-2H3. The number of hydrogen-bond donors (Lipinski definition) is 1. The lowest BCUT2D eigenvalue weighted by atomic mass is 9.80. The molecule has 0 saturated heterocycles. The van der Waals surface area contributed by atoms with Crippen LogP contribution in [-0.4, -0.2) is 19.1 Å². The average molecular weight is 241 g/mol. The summed E-state index contributed by atoms with van der Waals surface area (Å²) in [5, 5.41) is 0. The molecular formula is C14H27NO2. The number of hydrogen-bond acceptors (Lipinski definition) is 3. The number of nitrogens with two attached hydrogens (primary N) is 1. The summed E-state index contributed by atoms with van der Waals surface area (Å²) in [5.74, 6) is 0.522. The SMILES string of the molecule is CC(C)CCOC(=O)C1(CN)CCCCCC1. The first-order valence-corrected chi connectivity index (χ1v) is 6.98. The van der Waals surface area contributed by atoms with Crippen molar-refractivity contribution in [1.82, 2.24) is 0 Å². The Balaban J connectivity index is 2.49. The molecule has 0 unspecified atom stereocenters. The molecule has 17 heavy (non-hydrogen) atoms. The van der Waals surface area contributed by atoms with Gasteiger partial charge in [0.05, 0.1) is 12.0 Å². The molecule has 2 N–H and O–H groups in total. The van der Waals surface area contributed by atoms with Crippen LogP contribution in [0.5, 0.6) is 0 Å². The molecule has 0 aromatic carbocycles. The second kappa shape index (κ2) is 7.00. The van der Waals surface area contributed by atoms with Gasteiger partial charge in [0, 0.05) is 6.54 Å². The van der Waals surface area contributed by atoms with E-state index in [0.29, 0.717) is 19.1 Å². The summed E-state index contributed by atoms with van der Waals surface area (Å²) in [5.41, 5.74) is 5.46. The Morgan fingerprint density at radius 2 is 1.82 bits per heavy atom. The van der Waals surface area contributed by atoms with E-state index in [0.717, 1.165) is 32.1 Å². The highest BCUT2D eigenvalue weighted by Gasteiger charge is 2.38. The van der Waals surface area contributed by atoms with Crippen molar-refractivity contribution in [1.29, 1.82) is 0 Å². The maximum atomic E-state index is 12.2. The smallest absolute Gasteiger partial charge is 0.313 e. The van der Waals surface area contributed by atoms with E-state index in [1.165, 1.54) is 12.8 Å². The summed E-state index contributed by atoms with van der Waals surface area (Å²) in [4.78, 5) is 12.2. The summed E-state index contributed by atoms with van der Waals surface area (Å²) >= 11 is 0. The fraction of sp³-hybridized carbons (Fsp3) is 0.929. The van der Waals surface area contributed by atoms with Crippen molar-refractivity contribution in [3.05, 3.63) is 0 Å². The van der Waals surface area contributed by atoms with Gasteiger partial charge in [-0.15, -0.1) is 0 Å². The molecule has 1 saturated carbocycles. The molecule has 1 fully saturated rings. The van der Waals surface area contributed by atoms with E-state index >= 15 is 0 Å². The average Bonchev–Trinajstić information content (AvgIpc) is 2.54. The maximum Gasteiger partial charge on any atom is 0.313 e. The van der Waals surface area contributed by atoms with E-state index in [1.807, 2.05) is 0 Å². The summed E-state index contributed by atoms with van der Waals surface area (Å²) in [6.45, 7) is 5.25. The van der Waals surface area contributed by atoms with Crippen LogP contribution in [0.25, 0.3) is 0 Å². The van der Waals surface area contributed by atoms with Crippen molar-refractivity contribution in [3.63, 3.8) is 0 Å². The number of carbonyl (C=O) groups is 1. The molecule has 0 radical (unpaired) electrons. The molecule has 0 spiro atoms. The van der Waals surface area contributed by atoms with Crippen LogP contribution in [0.1, 0.15) is 58.8 Å². The van der Waals surface area contributed by atoms with Gasteiger partial charge >= 0.3 is 5.97 Å². The first-order chi connectivity index (χ1) is 8.10. The zero-order valence-corrected chi connectivity index (χ0v) is 11.3. The molecule has 3 heteroatoms. The van der Waals surface area contributed by atoms with Gasteiger partial charge in [0.25, 0.3) is 0 Å². The first kappa shape index (κ1) is 14.5. The van der Waals surface area contributed by atoms with Crippen LogP contribution in [0.3, 0.4) is 0 Å². The molecule has 0 bridgehead atoms. The third kappa shape index (κ3) is 4.30. The van der Waals surface area contributed by atoms with Crippen LogP contribution in [0.4, 0.5) is 0 Å². The number of rotatable bonds is 5. The second-order valence-corrected chi connectivity index (χ2v) is 5.72. The lowest BCUT2D eigenvalue weighted by Gasteiger charge is -2.28. The van der Waals surface area contributed by atoms with Gasteiger partial charge in [0.1, 0.15) is 0 Å². The molecule has 0 heterocycles. The van der Waals surface area contributed by atoms with Gasteiger partial charge in [-0.1, -0.05) is 39.5 Å². The minimum absolute atomic E-state index is 0.0532. The Morgan fingerprint density at radius 1 is 1.24 bits per heavy atom. The van der Waals surface area contributed by atoms with Crippen molar-refractivity contribution >= 4 is 5.97 Å².